The minimum atomic E-state index is -1.11. The van der Waals surface area contributed by atoms with E-state index < -0.39 is 17.5 Å². The van der Waals surface area contributed by atoms with Crippen LogP contribution in [0.3, 0.4) is 0 Å². The second kappa shape index (κ2) is 6.48. The summed E-state index contributed by atoms with van der Waals surface area (Å²) in [5.74, 6) is -2.34. The normalized spacial score (nSPS) is 11.0. The maximum absolute atomic E-state index is 13.5. The maximum atomic E-state index is 13.5. The first-order chi connectivity index (χ1) is 10.1. The minimum absolute atomic E-state index is 0.0937. The van der Waals surface area contributed by atoms with Crippen molar-refractivity contribution in [1.82, 2.24) is 5.32 Å². The molecule has 0 radical (unpaired) electrons. The third kappa shape index (κ3) is 3.54. The number of rotatable bonds is 4. The molecule has 6 heteroatoms. The summed E-state index contributed by atoms with van der Waals surface area (Å²) >= 11 is 0. The number of furan rings is 1. The summed E-state index contributed by atoms with van der Waals surface area (Å²) in [4.78, 5) is 11.8. The number of carbonyl (C=O) groups is 1. The zero-order chi connectivity index (χ0) is 15.2. The quantitative estimate of drug-likeness (QED) is 0.695. The standard InChI is InChI=1S/C15H10F2N2O2/c16-13-5-1-3-10(14(13)17)7-11(8-18)15(20)19-9-12-4-2-6-21-12/h1-7H,9H2,(H,19,20)/b11-7-. The molecule has 0 aliphatic rings. The molecule has 1 aromatic carbocycles. The number of nitriles is 1. The van der Waals surface area contributed by atoms with Crippen LogP contribution < -0.4 is 5.32 Å². The molecule has 1 aromatic heterocycles. The molecule has 106 valence electrons. The van der Waals surface area contributed by atoms with E-state index in [9.17, 15) is 13.6 Å². The molecule has 2 rings (SSSR count). The molecular weight excluding hydrogens is 278 g/mol. The number of carbonyl (C=O) groups excluding carboxylic acids is 1. The molecule has 2 aromatic rings. The van der Waals surface area contributed by atoms with Crippen LogP contribution in [-0.2, 0) is 11.3 Å². The van der Waals surface area contributed by atoms with Crippen LogP contribution in [0.1, 0.15) is 11.3 Å². The van der Waals surface area contributed by atoms with E-state index in [2.05, 4.69) is 5.32 Å². The van der Waals surface area contributed by atoms with Gasteiger partial charge in [-0.15, -0.1) is 0 Å². The molecule has 21 heavy (non-hydrogen) atoms. The fraction of sp³-hybridized carbons (Fsp3) is 0.0667. The highest BCUT2D eigenvalue weighted by atomic mass is 19.2. The molecule has 0 aliphatic carbocycles. The van der Waals surface area contributed by atoms with Crippen molar-refractivity contribution in [1.29, 1.82) is 5.26 Å². The number of hydrogen-bond donors (Lipinski definition) is 1. The molecule has 0 saturated heterocycles. The van der Waals surface area contributed by atoms with E-state index in [0.717, 1.165) is 12.1 Å². The van der Waals surface area contributed by atoms with Crippen molar-refractivity contribution in [2.24, 2.45) is 0 Å². The van der Waals surface area contributed by atoms with E-state index >= 15 is 0 Å². The Morgan fingerprint density at radius 3 is 2.81 bits per heavy atom. The van der Waals surface area contributed by atoms with Crippen LogP contribution in [0.4, 0.5) is 8.78 Å². The molecular formula is C15H10F2N2O2. The predicted molar refractivity (Wildman–Crippen MR) is 70.5 cm³/mol. The lowest BCUT2D eigenvalue weighted by atomic mass is 10.1. The number of benzene rings is 1. The topological polar surface area (TPSA) is 66.0 Å². The van der Waals surface area contributed by atoms with Gasteiger partial charge in [-0.25, -0.2) is 8.78 Å². The molecule has 1 heterocycles. The highest BCUT2D eigenvalue weighted by Gasteiger charge is 2.12. The second-order valence-corrected chi connectivity index (χ2v) is 4.07. The molecule has 0 fully saturated rings. The molecule has 0 spiro atoms. The Kier molecular flexibility index (Phi) is 4.46. The summed E-state index contributed by atoms with van der Waals surface area (Å²) in [7, 11) is 0. The molecule has 0 atom stereocenters. The Labute approximate surface area is 119 Å². The summed E-state index contributed by atoms with van der Waals surface area (Å²) in [6.45, 7) is 0.0937. The smallest absolute Gasteiger partial charge is 0.262 e. The van der Waals surface area contributed by atoms with Crippen molar-refractivity contribution < 1.29 is 18.0 Å². The first-order valence-corrected chi connectivity index (χ1v) is 5.98. The lowest BCUT2D eigenvalue weighted by Gasteiger charge is -2.03. The van der Waals surface area contributed by atoms with Crippen LogP contribution in [0.25, 0.3) is 6.08 Å². The third-order valence-electron chi connectivity index (χ3n) is 2.65. The van der Waals surface area contributed by atoms with Gasteiger partial charge in [-0.05, 0) is 24.3 Å². The average Bonchev–Trinajstić information content (AvgIpc) is 2.99. The highest BCUT2D eigenvalue weighted by Crippen LogP contribution is 2.15. The highest BCUT2D eigenvalue weighted by molar-refractivity contribution is 6.01. The lowest BCUT2D eigenvalue weighted by Crippen LogP contribution is -2.23. The monoisotopic (exact) mass is 288 g/mol. The molecule has 1 N–H and O–H groups in total. The summed E-state index contributed by atoms with van der Waals surface area (Å²) in [6, 6.07) is 8.49. The summed E-state index contributed by atoms with van der Waals surface area (Å²) in [6.07, 6.45) is 2.44. The van der Waals surface area contributed by atoms with Gasteiger partial charge in [0, 0.05) is 5.56 Å². The number of amides is 1. The van der Waals surface area contributed by atoms with Crippen molar-refractivity contribution in [2.45, 2.75) is 6.54 Å². The van der Waals surface area contributed by atoms with Crippen molar-refractivity contribution >= 4 is 12.0 Å². The predicted octanol–water partition coefficient (Wildman–Crippen LogP) is 2.78. The van der Waals surface area contributed by atoms with E-state index in [1.54, 1.807) is 18.2 Å². The Morgan fingerprint density at radius 1 is 1.33 bits per heavy atom. The minimum Gasteiger partial charge on any atom is -0.467 e. The van der Waals surface area contributed by atoms with Crippen LogP contribution in [0, 0.1) is 23.0 Å². The summed E-state index contributed by atoms with van der Waals surface area (Å²) < 4.78 is 31.6. The Hall–Kier alpha value is -2.94. The Balaban J connectivity index is 2.15. The van der Waals surface area contributed by atoms with Gasteiger partial charge in [0.15, 0.2) is 11.6 Å². The Morgan fingerprint density at radius 2 is 2.14 bits per heavy atom. The molecule has 0 aliphatic heterocycles. The molecule has 4 nitrogen and oxygen atoms in total. The van der Waals surface area contributed by atoms with E-state index in [0.29, 0.717) is 5.76 Å². The maximum Gasteiger partial charge on any atom is 0.262 e. The van der Waals surface area contributed by atoms with Crippen molar-refractivity contribution in [3.8, 4) is 6.07 Å². The van der Waals surface area contributed by atoms with Gasteiger partial charge >= 0.3 is 0 Å². The largest absolute Gasteiger partial charge is 0.467 e. The second-order valence-electron chi connectivity index (χ2n) is 4.07. The van der Waals surface area contributed by atoms with Gasteiger partial charge in [-0.3, -0.25) is 4.79 Å². The van der Waals surface area contributed by atoms with E-state index in [1.807, 2.05) is 0 Å². The number of nitrogens with zero attached hydrogens (tertiary/aromatic N) is 1. The van der Waals surface area contributed by atoms with Crippen molar-refractivity contribution in [3.05, 3.63) is 65.1 Å². The van der Waals surface area contributed by atoms with Gasteiger partial charge in [0.1, 0.15) is 17.4 Å². The van der Waals surface area contributed by atoms with Crippen molar-refractivity contribution in [2.75, 3.05) is 0 Å². The van der Waals surface area contributed by atoms with Crippen LogP contribution in [0.15, 0.2) is 46.6 Å². The zero-order valence-electron chi connectivity index (χ0n) is 10.8. The molecule has 0 saturated carbocycles. The molecule has 0 bridgehead atoms. The van der Waals surface area contributed by atoms with Crippen molar-refractivity contribution in [3.63, 3.8) is 0 Å². The van der Waals surface area contributed by atoms with Crippen LogP contribution in [0.5, 0.6) is 0 Å². The third-order valence-corrected chi connectivity index (χ3v) is 2.65. The van der Waals surface area contributed by atoms with Gasteiger partial charge in [-0.2, -0.15) is 5.26 Å². The first-order valence-electron chi connectivity index (χ1n) is 5.98. The zero-order valence-corrected chi connectivity index (χ0v) is 10.8. The number of halogens is 2. The Bertz CT molecular complexity index is 716. The van der Waals surface area contributed by atoms with Gasteiger partial charge in [0.25, 0.3) is 5.91 Å². The molecule has 0 unspecified atom stereocenters. The van der Waals surface area contributed by atoms with Gasteiger partial charge in [0.2, 0.25) is 0 Å². The summed E-state index contributed by atoms with van der Waals surface area (Å²) in [5.41, 5.74) is -0.495. The molecule has 1 amide bonds. The fourth-order valence-corrected chi connectivity index (χ4v) is 1.61. The average molecular weight is 288 g/mol. The van der Waals surface area contributed by atoms with Crippen LogP contribution in [0.2, 0.25) is 0 Å². The van der Waals surface area contributed by atoms with Crippen LogP contribution in [-0.4, -0.2) is 5.91 Å². The van der Waals surface area contributed by atoms with Crippen LogP contribution >= 0.6 is 0 Å². The fourth-order valence-electron chi connectivity index (χ4n) is 1.61. The number of nitrogens with one attached hydrogen (secondary N) is 1. The van der Waals surface area contributed by atoms with E-state index in [-0.39, 0.29) is 17.7 Å². The first kappa shape index (κ1) is 14.5. The number of hydrogen-bond acceptors (Lipinski definition) is 3. The van der Waals surface area contributed by atoms with Gasteiger partial charge in [-0.1, -0.05) is 12.1 Å². The van der Waals surface area contributed by atoms with E-state index in [1.165, 1.54) is 18.4 Å². The summed E-state index contributed by atoms with van der Waals surface area (Å²) in [5, 5.41) is 11.4. The SMILES string of the molecule is N#C/C(=C/c1cccc(F)c1F)C(=O)NCc1ccco1. The lowest BCUT2D eigenvalue weighted by molar-refractivity contribution is -0.117. The van der Waals surface area contributed by atoms with Gasteiger partial charge < -0.3 is 9.73 Å². The van der Waals surface area contributed by atoms with Gasteiger partial charge in [0.05, 0.1) is 12.8 Å². The van der Waals surface area contributed by atoms with E-state index in [4.69, 9.17) is 9.68 Å².